The zero-order valence-electron chi connectivity index (χ0n) is 25.8. The zero-order chi connectivity index (χ0) is 32.8. The quantitative estimate of drug-likeness (QED) is 0.188. The maximum absolute atomic E-state index is 14.5. The van der Waals surface area contributed by atoms with Gasteiger partial charge in [0.15, 0.2) is 17.3 Å². The number of aliphatic imine (C=N–C) groups is 1. The summed E-state index contributed by atoms with van der Waals surface area (Å²) in [6.07, 6.45) is 8.73. The van der Waals surface area contributed by atoms with Gasteiger partial charge in [-0.1, -0.05) is 49.2 Å². The van der Waals surface area contributed by atoms with Crippen molar-refractivity contribution in [2.45, 2.75) is 62.9 Å². The monoisotopic (exact) mass is 649 g/mol. The zero-order valence-corrected chi connectivity index (χ0v) is 26.6. The number of nitrogens with two attached hydrogens (primary N) is 1. The molecule has 5 unspecified atom stereocenters. The Kier molecular flexibility index (Phi) is 10.5. The third-order valence-corrected chi connectivity index (χ3v) is 10.2. The first-order chi connectivity index (χ1) is 22.1. The van der Waals surface area contributed by atoms with Crippen molar-refractivity contribution in [1.82, 2.24) is 9.80 Å². The summed E-state index contributed by atoms with van der Waals surface area (Å²) >= 11 is -2.96. The minimum absolute atomic E-state index is 0.0878. The summed E-state index contributed by atoms with van der Waals surface area (Å²) in [4.78, 5) is 49.5. The van der Waals surface area contributed by atoms with Crippen LogP contribution in [0.2, 0.25) is 0 Å². The van der Waals surface area contributed by atoms with E-state index >= 15 is 0 Å². The fourth-order valence-corrected chi connectivity index (χ4v) is 7.80. The molecular formula is C33H41N6O6S-. The number of ketones is 1. The average molecular weight is 650 g/mol. The number of carbonyl (C=O) groups is 3. The number of benzene rings is 2. The molecule has 1 amide bonds. The molecule has 0 spiro atoms. The second-order valence-electron chi connectivity index (χ2n) is 12.4. The van der Waals surface area contributed by atoms with Crippen LogP contribution in [0, 0.1) is 17.2 Å². The number of nitrogens with zero attached hydrogens (tertiary/aromatic N) is 4. The van der Waals surface area contributed by atoms with Crippen molar-refractivity contribution in [1.29, 1.82) is 5.41 Å². The summed E-state index contributed by atoms with van der Waals surface area (Å²) in [6, 6.07) is 10.9. The molecule has 12 nitrogen and oxygen atoms in total. The van der Waals surface area contributed by atoms with Crippen molar-refractivity contribution in [3.63, 3.8) is 0 Å². The predicted molar refractivity (Wildman–Crippen MR) is 176 cm³/mol. The van der Waals surface area contributed by atoms with Gasteiger partial charge in [0.05, 0.1) is 11.6 Å². The van der Waals surface area contributed by atoms with Crippen LogP contribution in [0.5, 0.6) is 0 Å². The van der Waals surface area contributed by atoms with Crippen molar-refractivity contribution in [3.05, 3.63) is 54.6 Å². The Morgan fingerprint density at radius 1 is 1.07 bits per heavy atom. The highest BCUT2D eigenvalue weighted by Gasteiger charge is 2.51. The Morgan fingerprint density at radius 2 is 1.76 bits per heavy atom. The molecule has 2 aromatic rings. The number of Topliss-reactive ketones (excluding diaryl/α,β-unsaturated/α-hetero) is 1. The highest BCUT2D eigenvalue weighted by Crippen LogP contribution is 2.38. The number of aliphatic carboxylic acids is 1. The van der Waals surface area contributed by atoms with Gasteiger partial charge in [-0.2, -0.15) is 0 Å². The minimum atomic E-state index is -2.96. The lowest BCUT2D eigenvalue weighted by molar-refractivity contribution is -0.147. The molecule has 0 saturated carbocycles. The Bertz CT molecular complexity index is 1540. The number of anilines is 1. The van der Waals surface area contributed by atoms with Crippen molar-refractivity contribution >= 4 is 57.6 Å². The topological polar surface area (TPSA) is 184 Å². The third-order valence-electron chi connectivity index (χ3n) is 9.46. The van der Waals surface area contributed by atoms with Gasteiger partial charge in [0.25, 0.3) is 0 Å². The molecular weight excluding hydrogens is 608 g/mol. The van der Waals surface area contributed by atoms with E-state index in [4.69, 9.17) is 11.1 Å². The van der Waals surface area contributed by atoms with E-state index in [2.05, 4.69) is 4.99 Å². The number of hydrogen-bond acceptors (Lipinski definition) is 7. The van der Waals surface area contributed by atoms with Crippen LogP contribution in [0.3, 0.4) is 0 Å². The third kappa shape index (κ3) is 7.00. The second kappa shape index (κ2) is 14.5. The van der Waals surface area contributed by atoms with E-state index in [-0.39, 0.29) is 24.0 Å². The molecule has 0 aliphatic carbocycles. The molecule has 13 heteroatoms. The molecule has 4 N–H and O–H groups in total. The standard InChI is InChI=1S/C33H42N6O6S/c34-32(35)38-19-8-10-23(22-38)20-26(31(42)43)33(15-9-16-36-33)29(40)21-28(30(41)37-17-5-1-2-6-18-37)39(46(44)45)27-14-7-12-24-11-3-4-13-25(24)27/h3-4,7,9,11-16,23,26,28H,1-2,5-6,8,10,17-22H2,(H3,34,35)(H,42,43)(H,44,45)/p-1. The van der Waals surface area contributed by atoms with Crippen molar-refractivity contribution in [3.8, 4) is 0 Å². The van der Waals surface area contributed by atoms with Crippen molar-refractivity contribution < 1.29 is 28.3 Å². The summed E-state index contributed by atoms with van der Waals surface area (Å²) in [5, 5.41) is 19.7. The van der Waals surface area contributed by atoms with E-state index in [1.807, 2.05) is 18.2 Å². The van der Waals surface area contributed by atoms with Gasteiger partial charge in [-0.05, 0) is 61.6 Å². The molecule has 246 valence electrons. The molecule has 46 heavy (non-hydrogen) atoms. The first-order valence-corrected chi connectivity index (χ1v) is 16.9. The number of amides is 1. The van der Waals surface area contributed by atoms with Crippen LogP contribution in [0.25, 0.3) is 10.8 Å². The van der Waals surface area contributed by atoms with Crippen LogP contribution in [-0.4, -0.2) is 91.3 Å². The summed E-state index contributed by atoms with van der Waals surface area (Å²) in [7, 11) is 0. The number of hydrogen-bond donors (Lipinski definition) is 3. The Hall–Kier alpha value is -4.10. The summed E-state index contributed by atoms with van der Waals surface area (Å²) in [5.74, 6) is -3.88. The van der Waals surface area contributed by atoms with E-state index in [0.717, 1.165) is 41.8 Å². The van der Waals surface area contributed by atoms with Gasteiger partial charge in [0.2, 0.25) is 5.91 Å². The number of carbonyl (C=O) groups excluding carboxylic acids is 2. The molecule has 0 radical (unpaired) electrons. The van der Waals surface area contributed by atoms with Crippen LogP contribution in [0.1, 0.15) is 51.4 Å². The van der Waals surface area contributed by atoms with Gasteiger partial charge >= 0.3 is 5.97 Å². The molecule has 5 atom stereocenters. The predicted octanol–water partition coefficient (Wildman–Crippen LogP) is 3.25. The van der Waals surface area contributed by atoms with Crippen molar-refractivity contribution in [2.24, 2.45) is 22.6 Å². The number of allylic oxidation sites excluding steroid dienone is 1. The van der Waals surface area contributed by atoms with Gasteiger partial charge in [0, 0.05) is 55.5 Å². The van der Waals surface area contributed by atoms with Crippen LogP contribution in [-0.2, 0) is 25.7 Å². The normalized spacial score (nSPS) is 23.5. The fraction of sp³-hybridized carbons (Fsp3) is 0.485. The SMILES string of the molecule is N=C(N)N1CCCC(CC(C(=O)O)C2(C(=O)CC(C(=O)N3CCCCCC3)N(c3cccc4ccccc34)S(=O)[O-])C=CC=N2)C1. The van der Waals surface area contributed by atoms with Crippen LogP contribution < -0.4 is 10.0 Å². The summed E-state index contributed by atoms with van der Waals surface area (Å²) < 4.78 is 27.2. The number of carboxylic acid groups (broad SMARTS) is 1. The molecule has 2 aromatic carbocycles. The lowest BCUT2D eigenvalue weighted by Crippen LogP contribution is -2.54. The Balaban J connectivity index is 1.53. The van der Waals surface area contributed by atoms with E-state index in [0.29, 0.717) is 38.0 Å². The van der Waals surface area contributed by atoms with E-state index in [1.54, 1.807) is 34.1 Å². The van der Waals surface area contributed by atoms with Gasteiger partial charge in [-0.15, -0.1) is 0 Å². The number of rotatable bonds is 11. The van der Waals surface area contributed by atoms with Gasteiger partial charge in [0.1, 0.15) is 6.04 Å². The van der Waals surface area contributed by atoms with Crippen LogP contribution >= 0.6 is 0 Å². The number of guanidine groups is 1. The van der Waals surface area contributed by atoms with Gasteiger partial charge in [-0.25, -0.2) is 0 Å². The Labute approximate surface area is 271 Å². The van der Waals surface area contributed by atoms with Gasteiger partial charge in [-0.3, -0.25) is 33.3 Å². The molecule has 0 bridgehead atoms. The molecule has 2 saturated heterocycles. The highest BCUT2D eigenvalue weighted by atomic mass is 32.2. The van der Waals surface area contributed by atoms with Crippen LogP contribution in [0.4, 0.5) is 5.69 Å². The van der Waals surface area contributed by atoms with Crippen LogP contribution in [0.15, 0.2) is 59.6 Å². The lowest BCUT2D eigenvalue weighted by Gasteiger charge is -2.39. The molecule has 2 fully saturated rings. The number of piperidine rings is 1. The van der Waals surface area contributed by atoms with E-state index in [9.17, 15) is 28.3 Å². The van der Waals surface area contributed by atoms with Gasteiger partial charge < -0.3 is 25.2 Å². The minimum Gasteiger partial charge on any atom is -0.755 e. The second-order valence-corrected chi connectivity index (χ2v) is 13.2. The first kappa shape index (κ1) is 33.3. The molecule has 3 aliphatic heterocycles. The lowest BCUT2D eigenvalue weighted by atomic mass is 9.73. The summed E-state index contributed by atoms with van der Waals surface area (Å²) in [6.45, 7) is 1.86. The maximum atomic E-state index is 14.5. The van der Waals surface area contributed by atoms with E-state index < -0.39 is 52.8 Å². The number of fused-ring (bicyclic) bond motifs is 1. The molecule has 3 aliphatic rings. The average Bonchev–Trinajstić information content (AvgIpc) is 3.38. The van der Waals surface area contributed by atoms with E-state index in [1.165, 1.54) is 18.4 Å². The maximum Gasteiger partial charge on any atom is 0.309 e. The summed E-state index contributed by atoms with van der Waals surface area (Å²) in [5.41, 5.74) is 4.15. The van der Waals surface area contributed by atoms with Crippen molar-refractivity contribution in [2.75, 3.05) is 30.5 Å². The largest absolute Gasteiger partial charge is 0.755 e. The number of carboxylic acids is 1. The molecule has 3 heterocycles. The Morgan fingerprint density at radius 3 is 2.41 bits per heavy atom. The molecule has 0 aromatic heterocycles. The number of likely N-dealkylation sites (tertiary alicyclic amines) is 2. The number of nitrogens with one attached hydrogen (secondary N) is 1. The first-order valence-electron chi connectivity index (χ1n) is 15.9. The fourth-order valence-electron chi connectivity index (χ4n) is 7.11. The smallest absolute Gasteiger partial charge is 0.309 e. The molecule has 5 rings (SSSR count). The highest BCUT2D eigenvalue weighted by molar-refractivity contribution is 7.80.